The first kappa shape index (κ1) is 17.0. The molecule has 0 spiro atoms. The summed E-state index contributed by atoms with van der Waals surface area (Å²) in [6.07, 6.45) is 2.30. The third-order valence-corrected chi connectivity index (χ3v) is 4.32. The van der Waals surface area contributed by atoms with E-state index in [1.807, 2.05) is 0 Å². The van der Waals surface area contributed by atoms with Gasteiger partial charge in [0, 0.05) is 24.8 Å². The second-order valence-electron chi connectivity index (χ2n) is 6.07. The zero-order valence-electron chi connectivity index (χ0n) is 14.1. The fraction of sp³-hybridized carbons (Fsp3) is 0.667. The van der Waals surface area contributed by atoms with Crippen LogP contribution in [0.25, 0.3) is 0 Å². The molecule has 1 aromatic carbocycles. The summed E-state index contributed by atoms with van der Waals surface area (Å²) in [5.41, 5.74) is 2.79. The van der Waals surface area contributed by atoms with Gasteiger partial charge in [0.2, 0.25) is 0 Å². The SMILES string of the molecule is CCCNC(CC)c1ccccc1N(C)C(C)C(C)C. The van der Waals surface area contributed by atoms with E-state index in [1.54, 1.807) is 0 Å². The average Bonchev–Trinajstić information content (AvgIpc) is 2.47. The topological polar surface area (TPSA) is 15.3 Å². The van der Waals surface area contributed by atoms with E-state index in [1.165, 1.54) is 17.7 Å². The lowest BCUT2D eigenvalue weighted by Crippen LogP contribution is -2.35. The third-order valence-electron chi connectivity index (χ3n) is 4.32. The van der Waals surface area contributed by atoms with Crippen LogP contribution in [0.2, 0.25) is 0 Å². The average molecular weight is 276 g/mol. The first-order valence-corrected chi connectivity index (χ1v) is 8.08. The Kier molecular flexibility index (Phi) is 7.08. The Hall–Kier alpha value is -1.02. The minimum atomic E-state index is 0.452. The molecule has 0 saturated carbocycles. The van der Waals surface area contributed by atoms with Crippen molar-refractivity contribution in [3.05, 3.63) is 29.8 Å². The van der Waals surface area contributed by atoms with E-state index >= 15 is 0 Å². The molecular formula is C18H32N2. The summed E-state index contributed by atoms with van der Waals surface area (Å²) in [5.74, 6) is 0.650. The molecule has 2 unspecified atom stereocenters. The highest BCUT2D eigenvalue weighted by Crippen LogP contribution is 2.29. The van der Waals surface area contributed by atoms with Crippen molar-refractivity contribution in [2.45, 2.75) is 59.5 Å². The minimum Gasteiger partial charge on any atom is -0.371 e. The van der Waals surface area contributed by atoms with E-state index in [0.717, 1.165) is 13.0 Å². The maximum Gasteiger partial charge on any atom is 0.0414 e. The first-order valence-electron chi connectivity index (χ1n) is 8.08. The van der Waals surface area contributed by atoms with Crippen LogP contribution in [0, 0.1) is 5.92 Å². The van der Waals surface area contributed by atoms with Crippen LogP contribution in [0.15, 0.2) is 24.3 Å². The quantitative estimate of drug-likeness (QED) is 0.745. The Morgan fingerprint density at radius 3 is 2.30 bits per heavy atom. The second-order valence-corrected chi connectivity index (χ2v) is 6.07. The zero-order chi connectivity index (χ0) is 15.1. The Bertz CT molecular complexity index is 387. The molecule has 0 aliphatic rings. The van der Waals surface area contributed by atoms with E-state index in [4.69, 9.17) is 0 Å². The molecule has 0 aliphatic heterocycles. The number of rotatable bonds is 8. The standard InChI is InChI=1S/C18H32N2/c1-7-13-19-17(8-2)16-11-9-10-12-18(16)20(6)15(5)14(3)4/h9-12,14-15,17,19H,7-8,13H2,1-6H3. The zero-order valence-corrected chi connectivity index (χ0v) is 14.1. The smallest absolute Gasteiger partial charge is 0.0414 e. The Morgan fingerprint density at radius 2 is 1.75 bits per heavy atom. The molecule has 1 aromatic rings. The highest BCUT2D eigenvalue weighted by atomic mass is 15.1. The second kappa shape index (κ2) is 8.31. The lowest BCUT2D eigenvalue weighted by atomic mass is 9.98. The number of benzene rings is 1. The van der Waals surface area contributed by atoms with Gasteiger partial charge in [-0.15, -0.1) is 0 Å². The fourth-order valence-corrected chi connectivity index (χ4v) is 2.56. The Balaban J connectivity index is 3.02. The minimum absolute atomic E-state index is 0.452. The number of nitrogens with one attached hydrogen (secondary N) is 1. The summed E-state index contributed by atoms with van der Waals surface area (Å²) in [5, 5.41) is 3.67. The molecule has 2 nitrogen and oxygen atoms in total. The lowest BCUT2D eigenvalue weighted by molar-refractivity contribution is 0.493. The maximum absolute atomic E-state index is 3.67. The molecule has 0 aromatic heterocycles. The monoisotopic (exact) mass is 276 g/mol. The molecule has 0 fully saturated rings. The van der Waals surface area contributed by atoms with Crippen LogP contribution < -0.4 is 10.2 Å². The molecule has 1 N–H and O–H groups in total. The summed E-state index contributed by atoms with van der Waals surface area (Å²) < 4.78 is 0. The number of nitrogens with zero attached hydrogens (tertiary/aromatic N) is 1. The van der Waals surface area contributed by atoms with Crippen LogP contribution in [-0.2, 0) is 0 Å². The Morgan fingerprint density at radius 1 is 1.10 bits per heavy atom. The van der Waals surface area contributed by atoms with Gasteiger partial charge in [-0.25, -0.2) is 0 Å². The van der Waals surface area contributed by atoms with Crippen LogP contribution in [-0.4, -0.2) is 19.6 Å². The molecule has 114 valence electrons. The normalized spacial score (nSPS) is 14.3. The van der Waals surface area contributed by atoms with Gasteiger partial charge in [-0.3, -0.25) is 0 Å². The first-order chi connectivity index (χ1) is 9.52. The van der Waals surface area contributed by atoms with Crippen molar-refractivity contribution in [3.63, 3.8) is 0 Å². The third kappa shape index (κ3) is 4.24. The molecule has 20 heavy (non-hydrogen) atoms. The molecule has 0 heterocycles. The van der Waals surface area contributed by atoms with Crippen molar-refractivity contribution in [3.8, 4) is 0 Å². The van der Waals surface area contributed by atoms with Gasteiger partial charge in [0.25, 0.3) is 0 Å². The van der Waals surface area contributed by atoms with E-state index in [-0.39, 0.29) is 0 Å². The number of anilines is 1. The predicted molar refractivity (Wildman–Crippen MR) is 90.5 cm³/mol. The lowest BCUT2D eigenvalue weighted by Gasteiger charge is -2.33. The van der Waals surface area contributed by atoms with Crippen molar-refractivity contribution in [1.82, 2.24) is 5.32 Å². The van der Waals surface area contributed by atoms with Crippen LogP contribution in [0.1, 0.15) is 59.1 Å². The van der Waals surface area contributed by atoms with Gasteiger partial charge in [-0.05, 0) is 43.9 Å². The molecule has 0 saturated heterocycles. The van der Waals surface area contributed by atoms with E-state index < -0.39 is 0 Å². The van der Waals surface area contributed by atoms with Crippen LogP contribution in [0.5, 0.6) is 0 Å². The molecule has 2 heteroatoms. The number of para-hydroxylation sites is 1. The van der Waals surface area contributed by atoms with Gasteiger partial charge in [0.1, 0.15) is 0 Å². The van der Waals surface area contributed by atoms with Crippen LogP contribution in [0.4, 0.5) is 5.69 Å². The van der Waals surface area contributed by atoms with Crippen LogP contribution >= 0.6 is 0 Å². The highest BCUT2D eigenvalue weighted by Gasteiger charge is 2.19. The summed E-state index contributed by atoms with van der Waals surface area (Å²) in [6, 6.07) is 9.82. The van der Waals surface area contributed by atoms with Crippen LogP contribution in [0.3, 0.4) is 0 Å². The molecule has 0 amide bonds. The van der Waals surface area contributed by atoms with Crippen molar-refractivity contribution < 1.29 is 0 Å². The summed E-state index contributed by atoms with van der Waals surface area (Å²) >= 11 is 0. The highest BCUT2D eigenvalue weighted by molar-refractivity contribution is 5.55. The van der Waals surface area contributed by atoms with E-state index in [2.05, 4.69) is 76.1 Å². The van der Waals surface area contributed by atoms with E-state index in [9.17, 15) is 0 Å². The fourth-order valence-electron chi connectivity index (χ4n) is 2.56. The van der Waals surface area contributed by atoms with Crippen molar-refractivity contribution in [2.75, 3.05) is 18.5 Å². The van der Waals surface area contributed by atoms with Crippen molar-refractivity contribution in [1.29, 1.82) is 0 Å². The summed E-state index contributed by atoms with van der Waals surface area (Å²) in [7, 11) is 2.22. The summed E-state index contributed by atoms with van der Waals surface area (Å²) in [6.45, 7) is 12.4. The van der Waals surface area contributed by atoms with Gasteiger partial charge >= 0.3 is 0 Å². The summed E-state index contributed by atoms with van der Waals surface area (Å²) in [4.78, 5) is 2.43. The van der Waals surface area contributed by atoms with Gasteiger partial charge < -0.3 is 10.2 Å². The van der Waals surface area contributed by atoms with Gasteiger partial charge in [0.05, 0.1) is 0 Å². The largest absolute Gasteiger partial charge is 0.371 e. The molecule has 0 aliphatic carbocycles. The predicted octanol–water partition coefficient (Wildman–Crippen LogP) is 4.62. The van der Waals surface area contributed by atoms with Gasteiger partial charge in [-0.2, -0.15) is 0 Å². The molecule has 1 rings (SSSR count). The van der Waals surface area contributed by atoms with E-state index in [0.29, 0.717) is 18.0 Å². The number of hydrogen-bond donors (Lipinski definition) is 1. The van der Waals surface area contributed by atoms with Gasteiger partial charge in [-0.1, -0.05) is 45.9 Å². The molecule has 0 radical (unpaired) electrons. The molecule has 2 atom stereocenters. The Labute approximate surface area is 125 Å². The molecular weight excluding hydrogens is 244 g/mol. The van der Waals surface area contributed by atoms with Gasteiger partial charge in [0.15, 0.2) is 0 Å². The van der Waals surface area contributed by atoms with Crippen molar-refractivity contribution >= 4 is 5.69 Å². The maximum atomic E-state index is 3.67. The number of hydrogen-bond acceptors (Lipinski definition) is 2. The molecule has 0 bridgehead atoms. The van der Waals surface area contributed by atoms with Crippen molar-refractivity contribution in [2.24, 2.45) is 5.92 Å².